The molecule has 2 N–H and O–H groups in total. The van der Waals surface area contributed by atoms with E-state index in [4.69, 9.17) is 9.47 Å². The van der Waals surface area contributed by atoms with Crippen LogP contribution in [0.5, 0.6) is 0 Å². The lowest BCUT2D eigenvalue weighted by Gasteiger charge is -2.16. The van der Waals surface area contributed by atoms with E-state index in [9.17, 15) is 14.4 Å². The SMILES string of the molecule is CCC(=O)OCCCCC(COC(=O)NC)CC(=O)NC. The average Bonchev–Trinajstić information content (AvgIpc) is 2.50. The van der Waals surface area contributed by atoms with E-state index in [2.05, 4.69) is 10.6 Å². The van der Waals surface area contributed by atoms with Gasteiger partial charge < -0.3 is 20.1 Å². The first-order valence-corrected chi connectivity index (χ1v) is 7.24. The van der Waals surface area contributed by atoms with Crippen molar-refractivity contribution in [2.75, 3.05) is 27.3 Å². The third-order valence-corrected chi connectivity index (χ3v) is 2.97. The predicted molar refractivity (Wildman–Crippen MR) is 77.7 cm³/mol. The number of carbonyl (C=O) groups excluding carboxylic acids is 3. The molecule has 0 radical (unpaired) electrons. The third kappa shape index (κ3) is 10.6. The zero-order valence-corrected chi connectivity index (χ0v) is 13.1. The molecule has 0 aliphatic rings. The number of carbonyl (C=O) groups is 3. The number of nitrogens with one attached hydrogen (secondary N) is 2. The molecule has 122 valence electrons. The molecule has 2 amide bonds. The summed E-state index contributed by atoms with van der Waals surface area (Å²) in [6.07, 6.45) is 2.44. The van der Waals surface area contributed by atoms with Gasteiger partial charge in [0.2, 0.25) is 5.91 Å². The summed E-state index contributed by atoms with van der Waals surface area (Å²) in [5.74, 6) is -0.332. The standard InChI is InChI=1S/C14H26N2O5/c1-4-13(18)20-8-6-5-7-11(9-12(17)15-2)10-21-14(19)16-3/h11H,4-10H2,1-3H3,(H,15,17)(H,16,19). The van der Waals surface area contributed by atoms with Crippen LogP contribution in [0.15, 0.2) is 0 Å². The fraction of sp³-hybridized carbons (Fsp3) is 0.786. The van der Waals surface area contributed by atoms with Crippen LogP contribution >= 0.6 is 0 Å². The molecule has 0 aromatic rings. The van der Waals surface area contributed by atoms with Gasteiger partial charge in [0.15, 0.2) is 0 Å². The van der Waals surface area contributed by atoms with Crippen LogP contribution in [0.25, 0.3) is 0 Å². The summed E-state index contributed by atoms with van der Waals surface area (Å²) in [6, 6.07) is 0. The molecule has 0 aliphatic heterocycles. The van der Waals surface area contributed by atoms with Crippen LogP contribution in [0, 0.1) is 5.92 Å². The predicted octanol–water partition coefficient (Wildman–Crippen LogP) is 1.22. The van der Waals surface area contributed by atoms with Crippen LogP contribution in [0.2, 0.25) is 0 Å². The van der Waals surface area contributed by atoms with E-state index >= 15 is 0 Å². The van der Waals surface area contributed by atoms with Gasteiger partial charge in [-0.2, -0.15) is 0 Å². The third-order valence-electron chi connectivity index (χ3n) is 2.97. The second kappa shape index (κ2) is 12.0. The number of rotatable bonds is 10. The Labute approximate surface area is 125 Å². The number of ether oxygens (including phenoxy) is 2. The minimum atomic E-state index is -0.506. The second-order valence-corrected chi connectivity index (χ2v) is 4.66. The molecule has 0 rings (SSSR count). The van der Waals surface area contributed by atoms with Crippen LogP contribution in [-0.2, 0) is 19.1 Å². The largest absolute Gasteiger partial charge is 0.466 e. The molecule has 0 saturated heterocycles. The molecule has 7 heteroatoms. The van der Waals surface area contributed by atoms with E-state index in [1.165, 1.54) is 7.05 Å². The fourth-order valence-electron chi connectivity index (χ4n) is 1.70. The Balaban J connectivity index is 4.00. The zero-order valence-electron chi connectivity index (χ0n) is 13.1. The molecule has 0 aliphatic carbocycles. The lowest BCUT2D eigenvalue weighted by molar-refractivity contribution is -0.143. The summed E-state index contributed by atoms with van der Waals surface area (Å²) in [5, 5.41) is 4.92. The average molecular weight is 302 g/mol. The van der Waals surface area contributed by atoms with Gasteiger partial charge in [-0.3, -0.25) is 9.59 Å². The van der Waals surface area contributed by atoms with Gasteiger partial charge in [-0.1, -0.05) is 6.92 Å². The van der Waals surface area contributed by atoms with Crippen molar-refractivity contribution in [3.8, 4) is 0 Å². The topological polar surface area (TPSA) is 93.7 Å². The molecule has 7 nitrogen and oxygen atoms in total. The summed E-state index contributed by atoms with van der Waals surface area (Å²) >= 11 is 0. The summed E-state index contributed by atoms with van der Waals surface area (Å²) in [4.78, 5) is 33.4. The number of esters is 1. The first-order chi connectivity index (χ1) is 10.0. The number of amides is 2. The Morgan fingerprint density at radius 1 is 1.05 bits per heavy atom. The Morgan fingerprint density at radius 3 is 2.33 bits per heavy atom. The molecule has 0 aromatic heterocycles. The number of alkyl carbamates (subject to hydrolysis) is 1. The zero-order chi connectivity index (χ0) is 16.1. The van der Waals surface area contributed by atoms with Crippen LogP contribution in [-0.4, -0.2) is 45.3 Å². The first-order valence-electron chi connectivity index (χ1n) is 7.24. The molecule has 0 fully saturated rings. The van der Waals surface area contributed by atoms with E-state index in [1.54, 1.807) is 14.0 Å². The van der Waals surface area contributed by atoms with Crippen molar-refractivity contribution in [3.05, 3.63) is 0 Å². The van der Waals surface area contributed by atoms with E-state index in [0.29, 0.717) is 19.4 Å². The molecular weight excluding hydrogens is 276 g/mol. The second-order valence-electron chi connectivity index (χ2n) is 4.66. The lowest BCUT2D eigenvalue weighted by Crippen LogP contribution is -2.27. The smallest absolute Gasteiger partial charge is 0.406 e. The van der Waals surface area contributed by atoms with Crippen molar-refractivity contribution in [1.82, 2.24) is 10.6 Å². The number of unbranched alkanes of at least 4 members (excludes halogenated alkanes) is 1. The molecule has 0 saturated carbocycles. The van der Waals surface area contributed by atoms with Crippen LogP contribution in [0.1, 0.15) is 39.0 Å². The van der Waals surface area contributed by atoms with Crippen molar-refractivity contribution < 1.29 is 23.9 Å². The summed E-state index contributed by atoms with van der Waals surface area (Å²) in [5.41, 5.74) is 0. The van der Waals surface area contributed by atoms with Gasteiger partial charge in [0.05, 0.1) is 13.2 Å². The van der Waals surface area contributed by atoms with Crippen LogP contribution in [0.3, 0.4) is 0 Å². The maximum atomic E-state index is 11.4. The molecule has 0 spiro atoms. The van der Waals surface area contributed by atoms with Crippen LogP contribution in [0.4, 0.5) is 4.79 Å². The normalized spacial score (nSPS) is 11.4. The van der Waals surface area contributed by atoms with Gasteiger partial charge in [0, 0.05) is 32.9 Å². The van der Waals surface area contributed by atoms with E-state index in [-0.39, 0.29) is 24.4 Å². The fourth-order valence-corrected chi connectivity index (χ4v) is 1.70. The molecule has 21 heavy (non-hydrogen) atoms. The molecule has 0 bridgehead atoms. The Bertz CT molecular complexity index is 333. The highest BCUT2D eigenvalue weighted by molar-refractivity contribution is 5.75. The maximum absolute atomic E-state index is 11.4. The van der Waals surface area contributed by atoms with Gasteiger partial charge in [0.25, 0.3) is 0 Å². The first kappa shape index (κ1) is 19.2. The lowest BCUT2D eigenvalue weighted by atomic mass is 9.99. The number of hydrogen-bond acceptors (Lipinski definition) is 5. The summed E-state index contributed by atoms with van der Waals surface area (Å²) < 4.78 is 9.97. The van der Waals surface area contributed by atoms with Gasteiger partial charge in [-0.25, -0.2) is 4.79 Å². The minimum absolute atomic E-state index is 0.0378. The van der Waals surface area contributed by atoms with E-state index in [0.717, 1.165) is 19.3 Å². The Morgan fingerprint density at radius 2 is 1.76 bits per heavy atom. The van der Waals surface area contributed by atoms with Crippen molar-refractivity contribution in [2.24, 2.45) is 5.92 Å². The Hall–Kier alpha value is -1.79. The van der Waals surface area contributed by atoms with Crippen molar-refractivity contribution in [1.29, 1.82) is 0 Å². The van der Waals surface area contributed by atoms with E-state index in [1.807, 2.05) is 0 Å². The van der Waals surface area contributed by atoms with Crippen molar-refractivity contribution in [3.63, 3.8) is 0 Å². The molecule has 1 unspecified atom stereocenters. The van der Waals surface area contributed by atoms with Crippen LogP contribution < -0.4 is 10.6 Å². The Kier molecular flexibility index (Phi) is 11.0. The van der Waals surface area contributed by atoms with E-state index < -0.39 is 6.09 Å². The monoisotopic (exact) mass is 302 g/mol. The maximum Gasteiger partial charge on any atom is 0.406 e. The van der Waals surface area contributed by atoms with Gasteiger partial charge in [-0.15, -0.1) is 0 Å². The highest BCUT2D eigenvalue weighted by Crippen LogP contribution is 2.14. The number of hydrogen-bond donors (Lipinski definition) is 2. The highest BCUT2D eigenvalue weighted by Gasteiger charge is 2.15. The highest BCUT2D eigenvalue weighted by atomic mass is 16.5. The summed E-state index contributed by atoms with van der Waals surface area (Å²) in [7, 11) is 3.06. The minimum Gasteiger partial charge on any atom is -0.466 e. The summed E-state index contributed by atoms with van der Waals surface area (Å²) in [6.45, 7) is 2.33. The molecule has 0 heterocycles. The molecule has 1 atom stereocenters. The van der Waals surface area contributed by atoms with Crippen molar-refractivity contribution >= 4 is 18.0 Å². The van der Waals surface area contributed by atoms with Gasteiger partial charge in [-0.05, 0) is 19.3 Å². The van der Waals surface area contributed by atoms with Gasteiger partial charge >= 0.3 is 12.1 Å². The quantitative estimate of drug-likeness (QED) is 0.467. The molecular formula is C14H26N2O5. The van der Waals surface area contributed by atoms with Crippen molar-refractivity contribution in [2.45, 2.75) is 39.0 Å². The van der Waals surface area contributed by atoms with Gasteiger partial charge in [0.1, 0.15) is 0 Å². The molecule has 0 aromatic carbocycles.